The van der Waals surface area contributed by atoms with Crippen LogP contribution >= 0.6 is 24.0 Å². The second-order valence-corrected chi connectivity index (χ2v) is 8.70. The summed E-state index contributed by atoms with van der Waals surface area (Å²) in [5, 5.41) is 0.713. The summed E-state index contributed by atoms with van der Waals surface area (Å²) in [5.41, 5.74) is 1.16. The first-order chi connectivity index (χ1) is 12.9. The number of hydrogen-bond donors (Lipinski definition) is 0. The standard InChI is InChI=1S/C19H23ClN2O4S.ClH/c1-25-18-8-7-17(13-19(18)26-2)27(23,24)22-11-9-21(10-12-22)14-15-3-5-16(20)6-4-15;/h3-8,13H,9-12,14H2,1-2H3;1H. The number of sulfonamides is 1. The van der Waals surface area contributed by atoms with E-state index in [2.05, 4.69) is 4.90 Å². The molecule has 0 spiro atoms. The van der Waals surface area contributed by atoms with E-state index in [-0.39, 0.29) is 17.3 Å². The van der Waals surface area contributed by atoms with E-state index in [0.29, 0.717) is 42.7 Å². The summed E-state index contributed by atoms with van der Waals surface area (Å²) in [6, 6.07) is 12.4. The van der Waals surface area contributed by atoms with Gasteiger partial charge in [-0.2, -0.15) is 4.31 Å². The molecule has 0 aliphatic carbocycles. The summed E-state index contributed by atoms with van der Waals surface area (Å²) < 4.78 is 37.8. The van der Waals surface area contributed by atoms with Crippen LogP contribution in [0.2, 0.25) is 5.02 Å². The topological polar surface area (TPSA) is 59.1 Å². The van der Waals surface area contributed by atoms with Crippen LogP contribution in [0.4, 0.5) is 0 Å². The second kappa shape index (κ2) is 9.80. The van der Waals surface area contributed by atoms with Crippen LogP contribution in [-0.2, 0) is 16.6 Å². The van der Waals surface area contributed by atoms with Crippen LogP contribution in [-0.4, -0.2) is 58.0 Å². The predicted octanol–water partition coefficient (Wildman–Crippen LogP) is 3.29. The van der Waals surface area contributed by atoms with E-state index in [1.165, 1.54) is 24.6 Å². The maximum Gasteiger partial charge on any atom is 0.243 e. The molecule has 0 amide bonds. The minimum absolute atomic E-state index is 0. The van der Waals surface area contributed by atoms with Crippen LogP contribution in [0.3, 0.4) is 0 Å². The van der Waals surface area contributed by atoms with Gasteiger partial charge in [0.15, 0.2) is 11.5 Å². The van der Waals surface area contributed by atoms with Crippen molar-refractivity contribution in [3.8, 4) is 11.5 Å². The van der Waals surface area contributed by atoms with Crippen molar-refractivity contribution in [3.05, 3.63) is 53.1 Å². The third kappa shape index (κ3) is 5.10. The van der Waals surface area contributed by atoms with Gasteiger partial charge in [0, 0.05) is 43.8 Å². The number of rotatable bonds is 6. The zero-order valence-electron chi connectivity index (χ0n) is 15.8. The molecule has 0 N–H and O–H groups in total. The van der Waals surface area contributed by atoms with E-state index in [1.54, 1.807) is 12.1 Å². The van der Waals surface area contributed by atoms with E-state index in [9.17, 15) is 8.42 Å². The number of ether oxygens (including phenoxy) is 2. The third-order valence-corrected chi connectivity index (χ3v) is 6.79. The number of halogens is 2. The Morgan fingerprint density at radius 1 is 0.929 bits per heavy atom. The fourth-order valence-corrected chi connectivity index (χ4v) is 4.67. The van der Waals surface area contributed by atoms with Crippen molar-refractivity contribution >= 4 is 34.0 Å². The molecule has 9 heteroatoms. The first-order valence-corrected chi connectivity index (χ1v) is 10.4. The number of benzene rings is 2. The number of nitrogens with zero attached hydrogens (tertiary/aromatic N) is 2. The lowest BCUT2D eigenvalue weighted by Gasteiger charge is -2.34. The van der Waals surface area contributed by atoms with Crippen LogP contribution < -0.4 is 9.47 Å². The maximum absolute atomic E-state index is 13.0. The maximum atomic E-state index is 13.0. The van der Waals surface area contributed by atoms with E-state index in [0.717, 1.165) is 12.1 Å². The summed E-state index contributed by atoms with van der Waals surface area (Å²) in [6.07, 6.45) is 0. The van der Waals surface area contributed by atoms with Crippen molar-refractivity contribution in [2.75, 3.05) is 40.4 Å². The van der Waals surface area contributed by atoms with Crippen LogP contribution in [0.5, 0.6) is 11.5 Å². The molecule has 2 aromatic rings. The SMILES string of the molecule is COc1ccc(S(=O)(=O)N2CCN(Cc3ccc(Cl)cc3)CC2)cc1OC.Cl. The Morgan fingerprint density at radius 3 is 2.11 bits per heavy atom. The largest absolute Gasteiger partial charge is 0.493 e. The van der Waals surface area contributed by atoms with Crippen molar-refractivity contribution in [2.45, 2.75) is 11.4 Å². The van der Waals surface area contributed by atoms with Gasteiger partial charge in [0.1, 0.15) is 0 Å². The molecule has 0 aromatic heterocycles. The highest BCUT2D eigenvalue weighted by Crippen LogP contribution is 2.31. The van der Waals surface area contributed by atoms with Crippen molar-refractivity contribution in [2.24, 2.45) is 0 Å². The lowest BCUT2D eigenvalue weighted by molar-refractivity contribution is 0.181. The fraction of sp³-hybridized carbons (Fsp3) is 0.368. The summed E-state index contributed by atoms with van der Waals surface area (Å²) in [7, 11) is -0.558. The first kappa shape index (κ1) is 22.8. The second-order valence-electron chi connectivity index (χ2n) is 6.32. The molecular formula is C19H24Cl2N2O4S. The van der Waals surface area contributed by atoms with Crippen molar-refractivity contribution in [3.63, 3.8) is 0 Å². The van der Waals surface area contributed by atoms with Crippen LogP contribution in [0, 0.1) is 0 Å². The molecule has 28 heavy (non-hydrogen) atoms. The summed E-state index contributed by atoms with van der Waals surface area (Å²) in [4.78, 5) is 2.45. The summed E-state index contributed by atoms with van der Waals surface area (Å²) in [5.74, 6) is 0.907. The molecule has 154 valence electrons. The fourth-order valence-electron chi connectivity index (χ4n) is 3.10. The van der Waals surface area contributed by atoms with Crippen molar-refractivity contribution < 1.29 is 17.9 Å². The van der Waals surface area contributed by atoms with Gasteiger partial charge >= 0.3 is 0 Å². The van der Waals surface area contributed by atoms with Gasteiger partial charge in [0.25, 0.3) is 0 Å². The van der Waals surface area contributed by atoms with Gasteiger partial charge < -0.3 is 9.47 Å². The minimum atomic E-state index is -3.57. The Kier molecular flexibility index (Phi) is 7.97. The Hall–Kier alpha value is -1.51. The third-order valence-electron chi connectivity index (χ3n) is 4.64. The van der Waals surface area contributed by atoms with Crippen LogP contribution in [0.15, 0.2) is 47.4 Å². The highest BCUT2D eigenvalue weighted by Gasteiger charge is 2.29. The van der Waals surface area contributed by atoms with E-state index < -0.39 is 10.0 Å². The lowest BCUT2D eigenvalue weighted by atomic mass is 10.2. The molecule has 1 aliphatic heterocycles. The van der Waals surface area contributed by atoms with E-state index in [4.69, 9.17) is 21.1 Å². The molecule has 0 bridgehead atoms. The van der Waals surface area contributed by atoms with Gasteiger partial charge in [-0.15, -0.1) is 12.4 Å². The Bertz CT molecular complexity index is 883. The molecule has 3 rings (SSSR count). The van der Waals surface area contributed by atoms with Gasteiger partial charge in [-0.25, -0.2) is 8.42 Å². The highest BCUT2D eigenvalue weighted by atomic mass is 35.5. The predicted molar refractivity (Wildman–Crippen MR) is 112 cm³/mol. The molecule has 0 saturated carbocycles. The quantitative estimate of drug-likeness (QED) is 0.681. The molecule has 0 unspecified atom stereocenters. The smallest absolute Gasteiger partial charge is 0.243 e. The van der Waals surface area contributed by atoms with E-state index in [1.807, 2.05) is 24.3 Å². The average molecular weight is 447 g/mol. The zero-order chi connectivity index (χ0) is 19.4. The summed E-state index contributed by atoms with van der Waals surface area (Å²) >= 11 is 5.92. The number of hydrogen-bond acceptors (Lipinski definition) is 5. The lowest BCUT2D eigenvalue weighted by Crippen LogP contribution is -2.48. The van der Waals surface area contributed by atoms with Gasteiger partial charge in [-0.1, -0.05) is 23.7 Å². The summed E-state index contributed by atoms with van der Waals surface area (Å²) in [6.45, 7) is 3.03. The molecule has 0 atom stereocenters. The Labute approximate surface area is 177 Å². The van der Waals surface area contributed by atoms with Gasteiger partial charge in [0.05, 0.1) is 19.1 Å². The van der Waals surface area contributed by atoms with Crippen molar-refractivity contribution in [1.82, 2.24) is 9.21 Å². The first-order valence-electron chi connectivity index (χ1n) is 8.63. The Morgan fingerprint density at radius 2 is 1.54 bits per heavy atom. The molecule has 1 saturated heterocycles. The monoisotopic (exact) mass is 446 g/mol. The highest BCUT2D eigenvalue weighted by molar-refractivity contribution is 7.89. The van der Waals surface area contributed by atoms with Gasteiger partial charge in [-0.3, -0.25) is 4.90 Å². The van der Waals surface area contributed by atoms with E-state index >= 15 is 0 Å². The minimum Gasteiger partial charge on any atom is -0.493 e. The molecular weight excluding hydrogens is 423 g/mol. The van der Waals surface area contributed by atoms with Crippen LogP contribution in [0.1, 0.15) is 5.56 Å². The Balaban J connectivity index is 0.00000280. The molecule has 1 heterocycles. The van der Waals surface area contributed by atoms with Gasteiger partial charge in [-0.05, 0) is 29.8 Å². The number of methoxy groups -OCH3 is 2. The molecule has 6 nitrogen and oxygen atoms in total. The zero-order valence-corrected chi connectivity index (χ0v) is 18.2. The number of piperazine rings is 1. The molecule has 0 radical (unpaired) electrons. The van der Waals surface area contributed by atoms with Crippen LogP contribution in [0.25, 0.3) is 0 Å². The van der Waals surface area contributed by atoms with Crippen molar-refractivity contribution in [1.29, 1.82) is 0 Å². The molecule has 2 aromatic carbocycles. The average Bonchev–Trinajstić information content (AvgIpc) is 2.69. The molecule has 1 fully saturated rings. The molecule has 1 aliphatic rings. The normalized spacial score (nSPS) is 15.7. The van der Waals surface area contributed by atoms with Gasteiger partial charge in [0.2, 0.25) is 10.0 Å².